The van der Waals surface area contributed by atoms with E-state index in [1.165, 1.54) is 6.42 Å². The zero-order chi connectivity index (χ0) is 10.1. The van der Waals surface area contributed by atoms with Crippen molar-refractivity contribution < 1.29 is 9.82 Å². The van der Waals surface area contributed by atoms with Crippen LogP contribution < -0.4 is 0 Å². The van der Waals surface area contributed by atoms with E-state index in [4.69, 9.17) is 0 Å². The van der Waals surface area contributed by atoms with Gasteiger partial charge in [0, 0.05) is 18.0 Å². The summed E-state index contributed by atoms with van der Waals surface area (Å²) in [5.41, 5.74) is 0. The largest absolute Gasteiger partial charge is 0.437 e. The van der Waals surface area contributed by atoms with Gasteiger partial charge in [-0.2, -0.15) is 0 Å². The molecule has 0 aliphatic carbocycles. The molecule has 2 saturated heterocycles. The van der Waals surface area contributed by atoms with E-state index in [1.807, 2.05) is 6.82 Å². The van der Waals surface area contributed by atoms with E-state index < -0.39 is 0 Å². The van der Waals surface area contributed by atoms with Crippen LogP contribution in [0.25, 0.3) is 0 Å². The van der Waals surface area contributed by atoms with Crippen LogP contribution in [0.1, 0.15) is 32.1 Å². The third kappa shape index (κ3) is 1.73. The van der Waals surface area contributed by atoms with Gasteiger partial charge >= 0.3 is 7.05 Å². The monoisotopic (exact) mass is 195 g/mol. The van der Waals surface area contributed by atoms with Gasteiger partial charge in [0.1, 0.15) is 6.29 Å². The summed E-state index contributed by atoms with van der Waals surface area (Å²) in [4.78, 5) is 13.0. The van der Waals surface area contributed by atoms with Crippen molar-refractivity contribution >= 4 is 13.3 Å². The maximum atomic E-state index is 10.8. The third-order valence-electron chi connectivity index (χ3n) is 3.69. The van der Waals surface area contributed by atoms with Gasteiger partial charge in [0.05, 0.1) is 0 Å². The number of aldehydes is 1. The van der Waals surface area contributed by atoms with Gasteiger partial charge in [0.25, 0.3) is 0 Å². The van der Waals surface area contributed by atoms with Crippen LogP contribution in [0, 0.1) is 5.92 Å². The minimum atomic E-state index is -0.349. The van der Waals surface area contributed by atoms with E-state index >= 15 is 0 Å². The number of piperidine rings is 2. The van der Waals surface area contributed by atoms with Crippen molar-refractivity contribution in [3.05, 3.63) is 0 Å². The number of hydrogen-bond acceptors (Lipinski definition) is 3. The molecule has 14 heavy (non-hydrogen) atoms. The van der Waals surface area contributed by atoms with Gasteiger partial charge in [-0.15, -0.1) is 0 Å². The van der Waals surface area contributed by atoms with Gasteiger partial charge in [-0.05, 0) is 32.5 Å². The molecule has 2 heterocycles. The van der Waals surface area contributed by atoms with E-state index in [9.17, 15) is 9.82 Å². The first-order chi connectivity index (χ1) is 6.72. The molecule has 0 aromatic heterocycles. The van der Waals surface area contributed by atoms with Crippen LogP contribution >= 0.6 is 0 Å². The Morgan fingerprint density at radius 1 is 1.36 bits per heavy atom. The van der Waals surface area contributed by atoms with Crippen molar-refractivity contribution in [3.63, 3.8) is 0 Å². The van der Waals surface area contributed by atoms with Crippen LogP contribution in [0.5, 0.6) is 0 Å². The third-order valence-corrected chi connectivity index (χ3v) is 3.69. The Morgan fingerprint density at radius 3 is 2.36 bits per heavy atom. The highest BCUT2D eigenvalue weighted by molar-refractivity contribution is 6.45. The average molecular weight is 195 g/mol. The summed E-state index contributed by atoms with van der Waals surface area (Å²) in [6.07, 6.45) is 6.54. The van der Waals surface area contributed by atoms with Crippen molar-refractivity contribution in [2.45, 2.75) is 51.0 Å². The second kappa shape index (κ2) is 4.03. The molecule has 2 unspecified atom stereocenters. The first kappa shape index (κ1) is 10.2. The van der Waals surface area contributed by atoms with Crippen LogP contribution in [0.15, 0.2) is 0 Å². The molecule has 2 rings (SSSR count). The van der Waals surface area contributed by atoms with Gasteiger partial charge in [-0.25, -0.2) is 0 Å². The van der Waals surface area contributed by atoms with Gasteiger partial charge in [-0.1, -0.05) is 6.42 Å². The highest BCUT2D eigenvalue weighted by atomic mass is 16.2. The molecule has 1 N–H and O–H groups in total. The van der Waals surface area contributed by atoms with E-state index in [-0.39, 0.29) is 13.0 Å². The lowest BCUT2D eigenvalue weighted by atomic mass is 9.70. The van der Waals surface area contributed by atoms with Gasteiger partial charge in [-0.3, -0.25) is 0 Å². The van der Waals surface area contributed by atoms with Crippen LogP contribution in [0.4, 0.5) is 0 Å². The van der Waals surface area contributed by atoms with Gasteiger partial charge < -0.3 is 14.6 Å². The topological polar surface area (TPSA) is 40.5 Å². The first-order valence-electron chi connectivity index (χ1n) is 5.63. The lowest BCUT2D eigenvalue weighted by Gasteiger charge is -2.48. The number of carbonyl (C=O) groups excluding carboxylic acids is 1. The lowest BCUT2D eigenvalue weighted by molar-refractivity contribution is -0.113. The molecule has 0 aromatic rings. The standard InChI is InChI=1S/C10H18BNO2/c1-11(14)12-9-3-2-4-10(12)6-8(5-9)7-13/h7-10,14H,2-6H2,1H3. The second-order valence-corrected chi connectivity index (χ2v) is 4.69. The fourth-order valence-corrected chi connectivity index (χ4v) is 3.18. The van der Waals surface area contributed by atoms with E-state index in [2.05, 4.69) is 4.81 Å². The molecule has 2 aliphatic heterocycles. The Labute approximate surface area is 85.6 Å². The normalized spacial score (nSPS) is 38.0. The molecule has 3 nitrogen and oxygen atoms in total. The molecule has 0 spiro atoms. The van der Waals surface area contributed by atoms with Crippen molar-refractivity contribution in [2.75, 3.05) is 0 Å². The number of fused-ring (bicyclic) bond motifs is 2. The van der Waals surface area contributed by atoms with Crippen LogP contribution in [0.2, 0.25) is 6.82 Å². The quantitative estimate of drug-likeness (QED) is 0.526. The van der Waals surface area contributed by atoms with E-state index in [1.54, 1.807) is 0 Å². The molecule has 2 bridgehead atoms. The molecule has 0 saturated carbocycles. The molecular weight excluding hydrogens is 177 g/mol. The fraction of sp³-hybridized carbons (Fsp3) is 0.900. The average Bonchev–Trinajstić information content (AvgIpc) is 2.15. The minimum Gasteiger partial charge on any atom is -0.437 e. The molecule has 2 atom stereocenters. The van der Waals surface area contributed by atoms with Crippen molar-refractivity contribution in [1.29, 1.82) is 0 Å². The summed E-state index contributed by atoms with van der Waals surface area (Å²) in [6.45, 7) is 1.84. The number of nitrogens with zero attached hydrogens (tertiary/aromatic N) is 1. The van der Waals surface area contributed by atoms with E-state index in [0.717, 1.165) is 32.0 Å². The molecule has 0 amide bonds. The first-order valence-corrected chi connectivity index (χ1v) is 5.63. The van der Waals surface area contributed by atoms with Gasteiger partial charge in [0.15, 0.2) is 0 Å². The minimum absolute atomic E-state index is 0.236. The number of carbonyl (C=O) groups is 1. The summed E-state index contributed by atoms with van der Waals surface area (Å²) >= 11 is 0. The Morgan fingerprint density at radius 2 is 1.93 bits per heavy atom. The Kier molecular flexibility index (Phi) is 2.93. The van der Waals surface area contributed by atoms with Crippen LogP contribution in [0.3, 0.4) is 0 Å². The highest BCUT2D eigenvalue weighted by Gasteiger charge is 2.40. The predicted octanol–water partition coefficient (Wildman–Crippen LogP) is 0.929. The second-order valence-electron chi connectivity index (χ2n) is 4.69. The number of rotatable bonds is 2. The Balaban J connectivity index is 2.11. The molecule has 4 heteroatoms. The maximum absolute atomic E-state index is 10.8. The summed E-state index contributed by atoms with van der Waals surface area (Å²) in [5.74, 6) is 0.236. The predicted molar refractivity (Wildman–Crippen MR) is 55.9 cm³/mol. The van der Waals surface area contributed by atoms with Crippen molar-refractivity contribution in [2.24, 2.45) is 5.92 Å². The molecule has 2 aliphatic rings. The molecule has 0 radical (unpaired) electrons. The van der Waals surface area contributed by atoms with Gasteiger partial charge in [0.2, 0.25) is 0 Å². The maximum Gasteiger partial charge on any atom is 0.376 e. The molecule has 0 aromatic carbocycles. The van der Waals surface area contributed by atoms with E-state index in [0.29, 0.717) is 12.1 Å². The Hall–Kier alpha value is -0.345. The number of hydrogen-bond donors (Lipinski definition) is 1. The lowest BCUT2D eigenvalue weighted by Crippen LogP contribution is -2.57. The van der Waals surface area contributed by atoms with Crippen molar-refractivity contribution in [3.8, 4) is 0 Å². The molecule has 78 valence electrons. The summed E-state index contributed by atoms with van der Waals surface area (Å²) in [7, 11) is -0.349. The molecular formula is C10H18BNO2. The summed E-state index contributed by atoms with van der Waals surface area (Å²) in [6, 6.07) is 0.885. The Bertz CT molecular complexity index is 208. The SMILES string of the molecule is CB(O)N1C2CCCC1CC(C=O)C2. The highest BCUT2D eigenvalue weighted by Crippen LogP contribution is 2.36. The van der Waals surface area contributed by atoms with Crippen LogP contribution in [-0.4, -0.2) is 35.3 Å². The summed E-state index contributed by atoms with van der Waals surface area (Å²) < 4.78 is 0. The fourth-order valence-electron chi connectivity index (χ4n) is 3.18. The zero-order valence-electron chi connectivity index (χ0n) is 8.72. The summed E-state index contributed by atoms with van der Waals surface area (Å²) in [5, 5.41) is 9.68. The zero-order valence-corrected chi connectivity index (χ0v) is 8.72. The van der Waals surface area contributed by atoms with Crippen molar-refractivity contribution in [1.82, 2.24) is 4.81 Å². The smallest absolute Gasteiger partial charge is 0.376 e. The van der Waals surface area contributed by atoms with Crippen LogP contribution in [-0.2, 0) is 4.79 Å². The molecule has 2 fully saturated rings.